The number of carbonyl (C=O) groups is 1. The van der Waals surface area contributed by atoms with E-state index in [0.29, 0.717) is 24.5 Å². The van der Waals surface area contributed by atoms with E-state index in [0.717, 1.165) is 38.7 Å². The Labute approximate surface area is 184 Å². The van der Waals surface area contributed by atoms with Crippen LogP contribution in [0.4, 0.5) is 0 Å². The Hall–Kier alpha value is -4.19. The zero-order valence-electron chi connectivity index (χ0n) is 17.3. The van der Waals surface area contributed by atoms with Gasteiger partial charge in [0.05, 0.1) is 0 Å². The molecule has 6 heteroatoms. The van der Waals surface area contributed by atoms with Gasteiger partial charge in [0.15, 0.2) is 11.5 Å². The number of amides is 1. The molecule has 0 radical (unpaired) electrons. The van der Waals surface area contributed by atoms with Crippen LogP contribution in [0.3, 0.4) is 0 Å². The second-order valence-corrected chi connectivity index (χ2v) is 7.98. The second kappa shape index (κ2) is 7.50. The maximum absolute atomic E-state index is 13.6. The average molecular weight is 423 g/mol. The molecule has 0 spiro atoms. The number of fused-ring (bicyclic) bond motifs is 3. The summed E-state index contributed by atoms with van der Waals surface area (Å²) in [7, 11) is 0. The standard InChI is InChI=1S/C26H21N3O3/c30-26(23-12-18-5-1-3-7-21(18)28-23)29(14-17-9-10-24-25(11-17)32-16-31-24)15-19-13-27-22-8-4-2-6-20(19)22/h1-13,27-28H,14-16H2. The maximum Gasteiger partial charge on any atom is 0.270 e. The van der Waals surface area contributed by atoms with Gasteiger partial charge in [0.1, 0.15) is 5.69 Å². The fourth-order valence-electron chi connectivity index (χ4n) is 4.29. The summed E-state index contributed by atoms with van der Waals surface area (Å²) in [5, 5.41) is 2.14. The van der Waals surface area contributed by atoms with E-state index in [1.807, 2.05) is 77.8 Å². The van der Waals surface area contributed by atoms with Gasteiger partial charge >= 0.3 is 0 Å². The normalized spacial score (nSPS) is 12.5. The average Bonchev–Trinajstić information content (AvgIpc) is 3.56. The number of hydrogen-bond acceptors (Lipinski definition) is 3. The third kappa shape index (κ3) is 3.26. The van der Waals surface area contributed by atoms with Gasteiger partial charge < -0.3 is 24.3 Å². The molecule has 0 aliphatic carbocycles. The molecule has 0 fully saturated rings. The predicted molar refractivity (Wildman–Crippen MR) is 123 cm³/mol. The molecule has 1 aliphatic heterocycles. The van der Waals surface area contributed by atoms with Crippen molar-refractivity contribution in [2.45, 2.75) is 13.1 Å². The van der Waals surface area contributed by atoms with E-state index in [4.69, 9.17) is 9.47 Å². The molecule has 0 bridgehead atoms. The minimum Gasteiger partial charge on any atom is -0.454 e. The van der Waals surface area contributed by atoms with Crippen molar-refractivity contribution >= 4 is 27.7 Å². The number of carbonyl (C=O) groups excluding carboxylic acids is 1. The Kier molecular flexibility index (Phi) is 4.35. The van der Waals surface area contributed by atoms with Crippen molar-refractivity contribution in [3.63, 3.8) is 0 Å². The Bertz CT molecular complexity index is 1420. The third-order valence-corrected chi connectivity index (χ3v) is 5.89. The largest absolute Gasteiger partial charge is 0.454 e. The van der Waals surface area contributed by atoms with Gasteiger partial charge in [-0.2, -0.15) is 0 Å². The molecule has 2 aromatic heterocycles. The number of H-pyrrole nitrogens is 2. The van der Waals surface area contributed by atoms with Gasteiger partial charge in [-0.25, -0.2) is 0 Å². The lowest BCUT2D eigenvalue weighted by molar-refractivity contribution is 0.0725. The number of rotatable bonds is 5. The van der Waals surface area contributed by atoms with Gasteiger partial charge in [-0.05, 0) is 41.5 Å². The highest BCUT2D eigenvalue weighted by Crippen LogP contribution is 2.33. The summed E-state index contributed by atoms with van der Waals surface area (Å²) in [6.07, 6.45) is 1.98. The molecule has 6 rings (SSSR count). The molecule has 158 valence electrons. The van der Waals surface area contributed by atoms with Gasteiger partial charge in [-0.15, -0.1) is 0 Å². The Morgan fingerprint density at radius 1 is 0.875 bits per heavy atom. The molecular weight excluding hydrogens is 402 g/mol. The van der Waals surface area contributed by atoms with Crippen LogP contribution in [0.2, 0.25) is 0 Å². The van der Waals surface area contributed by atoms with E-state index in [2.05, 4.69) is 16.0 Å². The van der Waals surface area contributed by atoms with Crippen molar-refractivity contribution < 1.29 is 14.3 Å². The van der Waals surface area contributed by atoms with Gasteiger partial charge in [-0.1, -0.05) is 42.5 Å². The first kappa shape index (κ1) is 18.6. The van der Waals surface area contributed by atoms with E-state index < -0.39 is 0 Å². The number of para-hydroxylation sites is 2. The van der Waals surface area contributed by atoms with Crippen LogP contribution >= 0.6 is 0 Å². The monoisotopic (exact) mass is 423 g/mol. The first-order valence-corrected chi connectivity index (χ1v) is 10.6. The summed E-state index contributed by atoms with van der Waals surface area (Å²) in [6.45, 7) is 1.16. The van der Waals surface area contributed by atoms with Gasteiger partial charge in [0, 0.05) is 41.1 Å². The Morgan fingerprint density at radius 2 is 1.69 bits per heavy atom. The molecule has 2 N–H and O–H groups in total. The zero-order valence-corrected chi connectivity index (χ0v) is 17.3. The lowest BCUT2D eigenvalue weighted by atomic mass is 10.1. The number of ether oxygens (including phenoxy) is 2. The molecule has 1 aliphatic rings. The summed E-state index contributed by atoms with van der Waals surface area (Å²) in [5.41, 5.74) is 4.64. The lowest BCUT2D eigenvalue weighted by Gasteiger charge is -2.22. The molecule has 0 saturated carbocycles. The molecule has 0 saturated heterocycles. The lowest BCUT2D eigenvalue weighted by Crippen LogP contribution is -2.30. The summed E-state index contributed by atoms with van der Waals surface area (Å²) < 4.78 is 11.0. The number of aromatic nitrogens is 2. The molecule has 5 aromatic rings. The van der Waals surface area contributed by atoms with E-state index in [-0.39, 0.29) is 12.7 Å². The highest BCUT2D eigenvalue weighted by Gasteiger charge is 2.21. The van der Waals surface area contributed by atoms with Crippen LogP contribution in [0.1, 0.15) is 21.6 Å². The van der Waals surface area contributed by atoms with E-state index in [9.17, 15) is 4.79 Å². The van der Waals surface area contributed by atoms with Crippen LogP contribution in [-0.4, -0.2) is 27.6 Å². The summed E-state index contributed by atoms with van der Waals surface area (Å²) in [4.78, 5) is 22.1. The number of nitrogens with zero attached hydrogens (tertiary/aromatic N) is 1. The van der Waals surface area contributed by atoms with Gasteiger partial charge in [-0.3, -0.25) is 4.79 Å². The van der Waals surface area contributed by atoms with Gasteiger partial charge in [0.25, 0.3) is 5.91 Å². The van der Waals surface area contributed by atoms with E-state index in [1.165, 1.54) is 0 Å². The summed E-state index contributed by atoms with van der Waals surface area (Å²) in [5.74, 6) is 1.40. The zero-order chi connectivity index (χ0) is 21.5. The number of aromatic amines is 2. The molecule has 3 aromatic carbocycles. The first-order chi connectivity index (χ1) is 15.7. The van der Waals surface area contributed by atoms with Crippen LogP contribution in [0.15, 0.2) is 79.0 Å². The SMILES string of the molecule is O=C(c1cc2ccccc2[nH]1)N(Cc1ccc2c(c1)OCO2)Cc1c[nH]c2ccccc12. The number of nitrogens with one attached hydrogen (secondary N) is 2. The van der Waals surface area contributed by atoms with Crippen molar-refractivity contribution in [3.8, 4) is 11.5 Å². The molecular formula is C26H21N3O3. The van der Waals surface area contributed by atoms with Crippen LogP contribution in [-0.2, 0) is 13.1 Å². The molecule has 3 heterocycles. The fraction of sp³-hybridized carbons (Fsp3) is 0.115. The maximum atomic E-state index is 13.6. The highest BCUT2D eigenvalue weighted by atomic mass is 16.7. The number of hydrogen-bond donors (Lipinski definition) is 2. The Morgan fingerprint density at radius 3 is 2.59 bits per heavy atom. The Balaban J connectivity index is 1.36. The van der Waals surface area contributed by atoms with Crippen molar-refractivity contribution in [1.82, 2.24) is 14.9 Å². The van der Waals surface area contributed by atoms with Crippen molar-refractivity contribution in [2.75, 3.05) is 6.79 Å². The summed E-state index contributed by atoms with van der Waals surface area (Å²) in [6, 6.07) is 23.8. The van der Waals surface area contributed by atoms with E-state index >= 15 is 0 Å². The van der Waals surface area contributed by atoms with Gasteiger partial charge in [0.2, 0.25) is 6.79 Å². The highest BCUT2D eigenvalue weighted by molar-refractivity contribution is 5.98. The van der Waals surface area contributed by atoms with Crippen molar-refractivity contribution in [3.05, 3.63) is 95.8 Å². The van der Waals surface area contributed by atoms with Crippen LogP contribution in [0, 0.1) is 0 Å². The van der Waals surface area contributed by atoms with Crippen LogP contribution < -0.4 is 9.47 Å². The van der Waals surface area contributed by atoms with Crippen LogP contribution in [0.5, 0.6) is 11.5 Å². The fourth-order valence-corrected chi connectivity index (χ4v) is 4.29. The summed E-state index contributed by atoms with van der Waals surface area (Å²) >= 11 is 0. The van der Waals surface area contributed by atoms with Crippen molar-refractivity contribution in [2.24, 2.45) is 0 Å². The molecule has 6 nitrogen and oxygen atoms in total. The molecule has 0 atom stereocenters. The third-order valence-electron chi connectivity index (χ3n) is 5.89. The van der Waals surface area contributed by atoms with Crippen LogP contribution in [0.25, 0.3) is 21.8 Å². The molecule has 0 unspecified atom stereocenters. The number of benzene rings is 3. The molecule has 1 amide bonds. The minimum atomic E-state index is -0.0517. The predicted octanol–water partition coefficient (Wildman–Crippen LogP) is 5.22. The quantitative estimate of drug-likeness (QED) is 0.407. The second-order valence-electron chi connectivity index (χ2n) is 7.98. The molecule has 32 heavy (non-hydrogen) atoms. The smallest absolute Gasteiger partial charge is 0.270 e. The topological polar surface area (TPSA) is 70.3 Å². The first-order valence-electron chi connectivity index (χ1n) is 10.6. The van der Waals surface area contributed by atoms with Crippen molar-refractivity contribution in [1.29, 1.82) is 0 Å². The minimum absolute atomic E-state index is 0.0517. The van der Waals surface area contributed by atoms with E-state index in [1.54, 1.807) is 0 Å².